The van der Waals surface area contributed by atoms with Crippen molar-refractivity contribution in [3.05, 3.63) is 182 Å². The molecule has 0 spiro atoms. The van der Waals surface area contributed by atoms with Crippen LogP contribution in [0.4, 0.5) is 0 Å². The first-order valence-corrected chi connectivity index (χ1v) is 16.4. The third-order valence-corrected chi connectivity index (χ3v) is 9.72. The lowest BCUT2D eigenvalue weighted by Gasteiger charge is -2.20. The Bertz CT molecular complexity index is 3080. The molecule has 0 saturated carbocycles. The molecule has 0 N–H and O–H groups in total. The lowest BCUT2D eigenvalue weighted by Crippen LogP contribution is -1.93. The van der Waals surface area contributed by atoms with Crippen LogP contribution < -0.4 is 0 Å². The van der Waals surface area contributed by atoms with E-state index in [2.05, 4.69) is 97.1 Å². The second kappa shape index (κ2) is 11.1. The molecule has 10 rings (SSSR count). The van der Waals surface area contributed by atoms with Crippen LogP contribution in [0.5, 0.6) is 0 Å². The van der Waals surface area contributed by atoms with Gasteiger partial charge < -0.3 is 4.42 Å². The monoisotopic (exact) mass is 627 g/mol. The van der Waals surface area contributed by atoms with Crippen molar-refractivity contribution in [2.45, 2.75) is 0 Å². The van der Waals surface area contributed by atoms with Gasteiger partial charge in [-0.15, -0.1) is 0 Å². The molecule has 0 amide bonds. The number of rotatable bonds is 4. The minimum Gasteiger partial charge on any atom is -0.456 e. The first-order chi connectivity index (χ1) is 26.4. The maximum atomic E-state index is 8.83. The van der Waals surface area contributed by atoms with E-state index in [-0.39, 0.29) is 29.7 Å². The lowest BCUT2D eigenvalue weighted by molar-refractivity contribution is 0.669. The zero-order valence-electron chi connectivity index (χ0n) is 31.3. The highest BCUT2D eigenvalue weighted by molar-refractivity contribution is 6.27. The van der Waals surface area contributed by atoms with E-state index < -0.39 is 6.04 Å². The summed E-state index contributed by atoms with van der Waals surface area (Å²) >= 11 is 0. The van der Waals surface area contributed by atoms with Crippen LogP contribution in [0.25, 0.3) is 98.8 Å². The SMILES string of the molecule is [2H]c1c([2H])c([2H])c(-c2cc(-c3c4ccccc4c(-c4cccc5oc6cc(-c7ccccc7)ccc6c45)c4ccccc34)c3ccccc3c2)c([2H])c1[2H]. The van der Waals surface area contributed by atoms with Crippen molar-refractivity contribution in [2.75, 3.05) is 0 Å². The second-order valence-electron chi connectivity index (χ2n) is 12.4. The van der Waals surface area contributed by atoms with Crippen LogP contribution in [0.2, 0.25) is 0 Å². The molecule has 0 unspecified atom stereocenters. The molecule has 0 aliphatic heterocycles. The quantitative estimate of drug-likeness (QED) is 0.177. The van der Waals surface area contributed by atoms with Crippen LogP contribution in [0.3, 0.4) is 0 Å². The van der Waals surface area contributed by atoms with Gasteiger partial charge in [0.2, 0.25) is 0 Å². The van der Waals surface area contributed by atoms with Gasteiger partial charge in [-0.3, -0.25) is 0 Å². The maximum absolute atomic E-state index is 8.83. The van der Waals surface area contributed by atoms with Crippen molar-refractivity contribution in [3.63, 3.8) is 0 Å². The van der Waals surface area contributed by atoms with Crippen LogP contribution in [0, 0.1) is 0 Å². The van der Waals surface area contributed by atoms with Crippen molar-refractivity contribution >= 4 is 54.3 Å². The summed E-state index contributed by atoms with van der Waals surface area (Å²) in [6.45, 7) is 0. The number of fused-ring (bicyclic) bond motifs is 6. The van der Waals surface area contributed by atoms with Crippen molar-refractivity contribution in [2.24, 2.45) is 0 Å². The highest BCUT2D eigenvalue weighted by Crippen LogP contribution is 2.48. The van der Waals surface area contributed by atoms with Gasteiger partial charge in [0.05, 0.1) is 6.85 Å². The Kier molecular flexibility index (Phi) is 5.20. The third-order valence-electron chi connectivity index (χ3n) is 9.72. The Morgan fingerprint density at radius 1 is 0.367 bits per heavy atom. The van der Waals surface area contributed by atoms with Gasteiger partial charge in [0.25, 0.3) is 0 Å². The first kappa shape index (κ1) is 23.0. The van der Waals surface area contributed by atoms with Crippen LogP contribution >= 0.6 is 0 Å². The standard InChI is InChI=1S/C48H30O/c1-3-14-31(15-4-1)33-26-27-41-45(30-33)49-44-25-13-24-42(48(41)44)46-37-20-9-11-22-39(37)47(40-23-12-10-21-38(40)46)43-29-35(32-16-5-2-6-17-32)28-34-18-7-8-19-36(34)43/h1-30H/i2D,5D,6D,16D,17D. The van der Waals surface area contributed by atoms with Gasteiger partial charge in [0, 0.05) is 10.8 Å². The molecule has 0 aliphatic rings. The van der Waals surface area contributed by atoms with Crippen molar-refractivity contribution < 1.29 is 11.3 Å². The highest BCUT2D eigenvalue weighted by Gasteiger charge is 2.21. The molecule has 9 aromatic carbocycles. The molecule has 0 radical (unpaired) electrons. The van der Waals surface area contributed by atoms with Gasteiger partial charge in [-0.05, 0) is 107 Å². The van der Waals surface area contributed by atoms with Gasteiger partial charge >= 0.3 is 0 Å². The molecule has 1 heterocycles. The minimum absolute atomic E-state index is 0.187. The first-order valence-electron chi connectivity index (χ1n) is 18.9. The lowest BCUT2D eigenvalue weighted by atomic mass is 9.83. The molecule has 0 bridgehead atoms. The minimum atomic E-state index is -0.403. The number of benzene rings is 9. The van der Waals surface area contributed by atoms with Crippen LogP contribution in [0.1, 0.15) is 6.85 Å². The van der Waals surface area contributed by atoms with E-state index >= 15 is 0 Å². The van der Waals surface area contributed by atoms with E-state index in [9.17, 15) is 0 Å². The zero-order valence-corrected chi connectivity index (χ0v) is 26.3. The Hall–Kier alpha value is -6.44. The normalized spacial score (nSPS) is 13.1. The molecular weight excluding hydrogens is 593 g/mol. The maximum Gasteiger partial charge on any atom is 0.136 e. The van der Waals surface area contributed by atoms with Gasteiger partial charge in [-0.25, -0.2) is 0 Å². The summed E-state index contributed by atoms with van der Waals surface area (Å²) in [6.07, 6.45) is 0. The Morgan fingerprint density at radius 2 is 1.00 bits per heavy atom. The summed E-state index contributed by atoms with van der Waals surface area (Å²) in [6, 6.07) is 50.5. The van der Waals surface area contributed by atoms with Gasteiger partial charge in [0.15, 0.2) is 0 Å². The molecule has 1 nitrogen and oxygen atoms in total. The van der Waals surface area contributed by atoms with Gasteiger partial charge in [0.1, 0.15) is 11.2 Å². The van der Waals surface area contributed by atoms with Crippen LogP contribution in [0.15, 0.2) is 186 Å². The van der Waals surface area contributed by atoms with E-state index in [1.165, 1.54) is 0 Å². The third kappa shape index (κ3) is 4.40. The number of hydrogen-bond acceptors (Lipinski definition) is 1. The fourth-order valence-electron chi connectivity index (χ4n) is 7.61. The van der Waals surface area contributed by atoms with E-state index in [1.807, 2.05) is 54.6 Å². The van der Waals surface area contributed by atoms with E-state index in [1.54, 1.807) is 0 Å². The Balaban J connectivity index is 1.29. The average Bonchev–Trinajstić information content (AvgIpc) is 3.60. The Morgan fingerprint density at radius 3 is 1.71 bits per heavy atom. The molecule has 0 saturated heterocycles. The van der Waals surface area contributed by atoms with Gasteiger partial charge in [-0.1, -0.05) is 152 Å². The summed E-state index contributed by atoms with van der Waals surface area (Å²) in [5, 5.41) is 8.28. The van der Waals surface area contributed by atoms with Crippen molar-refractivity contribution in [3.8, 4) is 44.5 Å². The molecular formula is C48H30O. The molecule has 49 heavy (non-hydrogen) atoms. The van der Waals surface area contributed by atoms with Gasteiger partial charge in [-0.2, -0.15) is 0 Å². The highest BCUT2D eigenvalue weighted by atomic mass is 16.3. The fraction of sp³-hybridized carbons (Fsp3) is 0. The molecule has 1 heteroatoms. The predicted molar refractivity (Wildman–Crippen MR) is 208 cm³/mol. The Labute approximate surface area is 291 Å². The molecule has 10 aromatic rings. The van der Waals surface area contributed by atoms with Crippen molar-refractivity contribution in [1.82, 2.24) is 0 Å². The summed E-state index contributed by atoms with van der Waals surface area (Å²) in [7, 11) is 0. The van der Waals surface area contributed by atoms with Crippen LogP contribution in [-0.4, -0.2) is 0 Å². The summed E-state index contributed by atoms with van der Waals surface area (Å²) in [4.78, 5) is 0. The molecule has 228 valence electrons. The zero-order chi connectivity index (χ0) is 36.7. The fourth-order valence-corrected chi connectivity index (χ4v) is 7.61. The summed E-state index contributed by atoms with van der Waals surface area (Å²) < 4.78 is 49.3. The molecule has 1 aromatic heterocycles. The van der Waals surface area contributed by atoms with Crippen molar-refractivity contribution in [1.29, 1.82) is 0 Å². The van der Waals surface area contributed by atoms with E-state index in [4.69, 9.17) is 11.3 Å². The van der Waals surface area contributed by atoms with Crippen LogP contribution in [-0.2, 0) is 0 Å². The number of furan rings is 1. The van der Waals surface area contributed by atoms with E-state index in [0.717, 1.165) is 87.6 Å². The molecule has 0 fully saturated rings. The average molecular weight is 628 g/mol. The summed E-state index contributed by atoms with van der Waals surface area (Å²) in [5.41, 5.74) is 8.78. The smallest absolute Gasteiger partial charge is 0.136 e. The summed E-state index contributed by atoms with van der Waals surface area (Å²) in [5.74, 6) is 0. The van der Waals surface area contributed by atoms with E-state index in [0.29, 0.717) is 5.56 Å². The topological polar surface area (TPSA) is 13.1 Å². The molecule has 0 aliphatic carbocycles. The predicted octanol–water partition coefficient (Wildman–Crippen LogP) is 13.7. The molecule has 0 atom stereocenters. The second-order valence-corrected chi connectivity index (χ2v) is 12.4. The number of hydrogen-bond donors (Lipinski definition) is 0. The largest absolute Gasteiger partial charge is 0.456 e.